The normalized spacial score (nSPS) is 13.9. The zero-order valence-corrected chi connectivity index (χ0v) is 36.8. The van der Waals surface area contributed by atoms with E-state index < -0.39 is 18.2 Å². The summed E-state index contributed by atoms with van der Waals surface area (Å²) in [6.45, 7) is 6.31. The molecule has 0 aliphatic rings. The Kier molecular flexibility index (Phi) is 41.8. The molecule has 0 aliphatic heterocycles. The molecule has 3 N–H and O–H groups in total. The van der Waals surface area contributed by atoms with Crippen LogP contribution in [0.15, 0.2) is 60.8 Å². The van der Waals surface area contributed by atoms with Crippen molar-refractivity contribution in [3.63, 3.8) is 0 Å². The van der Waals surface area contributed by atoms with Crippen LogP contribution in [0.2, 0.25) is 0 Å². The largest absolute Gasteiger partial charge is 0.458 e. The van der Waals surface area contributed by atoms with Gasteiger partial charge in [-0.15, -0.1) is 0 Å². The van der Waals surface area contributed by atoms with E-state index in [0.29, 0.717) is 19.3 Å². The Morgan fingerprint density at radius 3 is 1.36 bits per heavy atom. The highest BCUT2D eigenvalue weighted by Crippen LogP contribution is 2.16. The van der Waals surface area contributed by atoms with Crippen LogP contribution in [0.4, 0.5) is 0 Å². The molecule has 0 heterocycles. The SMILES string of the molecule is CC/C=C/C/C=C/C/C=C/C/C=C/C/C=C/C(CC(=O)NC(CO)C(O)CCCCCCCCCCCCC)OC(=O)CCCCCCCCCCCCCC. The molecule has 0 aliphatic carbocycles. The van der Waals surface area contributed by atoms with Crippen molar-refractivity contribution >= 4 is 11.9 Å². The van der Waals surface area contributed by atoms with Gasteiger partial charge >= 0.3 is 5.97 Å². The molecule has 324 valence electrons. The van der Waals surface area contributed by atoms with Gasteiger partial charge in [-0.25, -0.2) is 0 Å². The predicted octanol–water partition coefficient (Wildman–Crippen LogP) is 13.7. The van der Waals surface area contributed by atoms with Gasteiger partial charge in [0, 0.05) is 6.42 Å². The summed E-state index contributed by atoms with van der Waals surface area (Å²) in [5.74, 6) is -0.628. The molecule has 56 heavy (non-hydrogen) atoms. The quantitative estimate of drug-likeness (QED) is 0.0326. The van der Waals surface area contributed by atoms with Gasteiger partial charge in [0.15, 0.2) is 0 Å². The number of unbranched alkanes of at least 4 members (excludes halogenated alkanes) is 21. The standard InChI is InChI=1S/C50H89NO5/c1-4-7-10-13-16-19-22-24-25-27-29-32-35-38-41-46(56-50(55)43-40-37-34-31-28-23-20-17-14-11-8-5-2)44-49(54)51-47(45-52)48(53)42-39-36-33-30-26-21-18-15-12-9-6-3/h7,10,16,19,24-25,29,32,38,41,46-48,52-53H,4-6,8-9,11-15,17-18,20-23,26-28,30-31,33-37,39-40,42-45H2,1-3H3,(H,51,54)/b10-7+,19-16+,25-24+,32-29+,41-38+. The number of aliphatic hydroxyl groups excluding tert-OH is 2. The first kappa shape index (κ1) is 53.6. The van der Waals surface area contributed by atoms with Crippen molar-refractivity contribution < 1.29 is 24.5 Å². The summed E-state index contributed by atoms with van der Waals surface area (Å²) in [7, 11) is 0. The second-order valence-corrected chi connectivity index (χ2v) is 15.8. The molecule has 0 rings (SSSR count). The number of carbonyl (C=O) groups excluding carboxylic acids is 2. The molecule has 0 bridgehead atoms. The third-order valence-corrected chi connectivity index (χ3v) is 10.4. The van der Waals surface area contributed by atoms with Crippen molar-refractivity contribution in [2.24, 2.45) is 0 Å². The molecule has 1 amide bonds. The lowest BCUT2D eigenvalue weighted by Gasteiger charge is -2.23. The highest BCUT2D eigenvalue weighted by molar-refractivity contribution is 5.78. The van der Waals surface area contributed by atoms with Crippen LogP contribution in [0, 0.1) is 0 Å². The van der Waals surface area contributed by atoms with Crippen molar-refractivity contribution in [1.29, 1.82) is 0 Å². The van der Waals surface area contributed by atoms with E-state index in [1.54, 1.807) is 6.08 Å². The first-order chi connectivity index (χ1) is 27.5. The second-order valence-electron chi connectivity index (χ2n) is 15.8. The van der Waals surface area contributed by atoms with Crippen LogP contribution in [-0.4, -0.2) is 46.9 Å². The Balaban J connectivity index is 4.77. The number of aliphatic hydroxyl groups is 2. The third kappa shape index (κ3) is 38.4. The Morgan fingerprint density at radius 1 is 0.536 bits per heavy atom. The number of allylic oxidation sites excluding steroid dienone is 9. The topological polar surface area (TPSA) is 95.9 Å². The minimum absolute atomic E-state index is 0.0451. The van der Waals surface area contributed by atoms with Gasteiger partial charge in [-0.05, 0) is 51.0 Å². The van der Waals surface area contributed by atoms with E-state index in [4.69, 9.17) is 4.74 Å². The highest BCUT2D eigenvalue weighted by atomic mass is 16.5. The van der Waals surface area contributed by atoms with Crippen LogP contribution in [-0.2, 0) is 14.3 Å². The second kappa shape index (κ2) is 43.7. The zero-order chi connectivity index (χ0) is 41.0. The summed E-state index contributed by atoms with van der Waals surface area (Å²) in [6.07, 6.45) is 53.1. The first-order valence-electron chi connectivity index (χ1n) is 23.5. The number of rotatable bonds is 41. The lowest BCUT2D eigenvalue weighted by molar-refractivity contribution is -0.148. The molecule has 0 saturated heterocycles. The van der Waals surface area contributed by atoms with Gasteiger partial charge in [0.1, 0.15) is 6.10 Å². The fraction of sp³-hybridized carbons (Fsp3) is 0.760. The van der Waals surface area contributed by atoms with Gasteiger partial charge in [-0.2, -0.15) is 0 Å². The summed E-state index contributed by atoms with van der Waals surface area (Å²) in [6, 6.07) is -0.739. The van der Waals surface area contributed by atoms with Crippen molar-refractivity contribution in [1.82, 2.24) is 5.32 Å². The smallest absolute Gasteiger partial charge is 0.306 e. The molecule has 0 radical (unpaired) electrons. The Hall–Kier alpha value is -2.44. The maximum absolute atomic E-state index is 13.1. The monoisotopic (exact) mass is 784 g/mol. The van der Waals surface area contributed by atoms with E-state index in [1.165, 1.54) is 109 Å². The molecule has 0 spiro atoms. The highest BCUT2D eigenvalue weighted by Gasteiger charge is 2.23. The molecule has 0 aromatic rings. The molecule has 0 saturated carbocycles. The summed E-state index contributed by atoms with van der Waals surface area (Å²) in [5, 5.41) is 23.6. The first-order valence-corrected chi connectivity index (χ1v) is 23.5. The number of ether oxygens (including phenoxy) is 1. The van der Waals surface area contributed by atoms with Gasteiger partial charge in [0.05, 0.1) is 25.2 Å². The van der Waals surface area contributed by atoms with E-state index in [-0.39, 0.29) is 24.9 Å². The zero-order valence-electron chi connectivity index (χ0n) is 36.8. The number of amides is 1. The van der Waals surface area contributed by atoms with Crippen LogP contribution in [0.25, 0.3) is 0 Å². The van der Waals surface area contributed by atoms with Crippen LogP contribution < -0.4 is 5.32 Å². The number of nitrogens with one attached hydrogen (secondary N) is 1. The minimum atomic E-state index is -0.817. The van der Waals surface area contributed by atoms with E-state index in [1.807, 2.05) is 6.08 Å². The molecular weight excluding hydrogens is 695 g/mol. The maximum atomic E-state index is 13.1. The molecule has 3 atom stereocenters. The van der Waals surface area contributed by atoms with Gasteiger partial charge in [0.25, 0.3) is 0 Å². The van der Waals surface area contributed by atoms with Gasteiger partial charge < -0.3 is 20.3 Å². The van der Waals surface area contributed by atoms with Crippen molar-refractivity contribution in [2.75, 3.05) is 6.61 Å². The summed E-state index contributed by atoms with van der Waals surface area (Å²) in [5.41, 5.74) is 0. The molecular formula is C50H89NO5. The minimum Gasteiger partial charge on any atom is -0.458 e. The number of hydrogen-bond donors (Lipinski definition) is 3. The van der Waals surface area contributed by atoms with Crippen molar-refractivity contribution in [2.45, 2.75) is 238 Å². The lowest BCUT2D eigenvalue weighted by atomic mass is 10.0. The van der Waals surface area contributed by atoms with E-state index in [0.717, 1.165) is 64.2 Å². The summed E-state index contributed by atoms with van der Waals surface area (Å²) in [4.78, 5) is 25.9. The average molecular weight is 784 g/mol. The van der Waals surface area contributed by atoms with E-state index >= 15 is 0 Å². The third-order valence-electron chi connectivity index (χ3n) is 10.4. The Bertz CT molecular complexity index is 1010. The fourth-order valence-electron chi connectivity index (χ4n) is 6.80. The molecule has 6 heteroatoms. The summed E-state index contributed by atoms with van der Waals surface area (Å²) >= 11 is 0. The van der Waals surface area contributed by atoms with Gasteiger partial charge in [-0.1, -0.05) is 217 Å². The number of hydrogen-bond acceptors (Lipinski definition) is 5. The Morgan fingerprint density at radius 2 is 0.929 bits per heavy atom. The number of esters is 1. The Labute approximate surface area is 346 Å². The van der Waals surface area contributed by atoms with Crippen molar-refractivity contribution in [3.05, 3.63) is 60.8 Å². The number of carbonyl (C=O) groups is 2. The van der Waals surface area contributed by atoms with E-state index in [2.05, 4.69) is 74.7 Å². The molecule has 3 unspecified atom stereocenters. The molecule has 0 aromatic heterocycles. The maximum Gasteiger partial charge on any atom is 0.306 e. The fourth-order valence-corrected chi connectivity index (χ4v) is 6.80. The van der Waals surface area contributed by atoms with Crippen LogP contribution in [0.3, 0.4) is 0 Å². The average Bonchev–Trinajstić information content (AvgIpc) is 3.19. The van der Waals surface area contributed by atoms with Gasteiger partial charge in [0.2, 0.25) is 5.91 Å². The predicted molar refractivity (Wildman–Crippen MR) is 241 cm³/mol. The molecule has 6 nitrogen and oxygen atoms in total. The van der Waals surface area contributed by atoms with Gasteiger partial charge in [-0.3, -0.25) is 9.59 Å². The molecule has 0 fully saturated rings. The lowest BCUT2D eigenvalue weighted by Crippen LogP contribution is -2.46. The van der Waals surface area contributed by atoms with Crippen LogP contribution in [0.5, 0.6) is 0 Å². The van der Waals surface area contributed by atoms with E-state index in [9.17, 15) is 19.8 Å². The van der Waals surface area contributed by atoms with Crippen LogP contribution >= 0.6 is 0 Å². The summed E-state index contributed by atoms with van der Waals surface area (Å²) < 4.78 is 5.80. The van der Waals surface area contributed by atoms with Crippen LogP contribution in [0.1, 0.15) is 220 Å². The van der Waals surface area contributed by atoms with Crippen molar-refractivity contribution in [3.8, 4) is 0 Å². The molecule has 0 aromatic carbocycles.